The van der Waals surface area contributed by atoms with Crippen molar-refractivity contribution in [2.75, 3.05) is 0 Å². The SMILES string of the molecule is CC(C)N1C2CC3(C(C)C)CC4CC1C43C2. The van der Waals surface area contributed by atoms with Crippen molar-refractivity contribution in [2.45, 2.75) is 71.5 Å². The van der Waals surface area contributed by atoms with Crippen molar-refractivity contribution >= 4 is 0 Å². The van der Waals surface area contributed by atoms with Crippen LogP contribution in [0.2, 0.25) is 0 Å². The molecule has 1 heteroatoms. The summed E-state index contributed by atoms with van der Waals surface area (Å²) in [6.45, 7) is 9.78. The van der Waals surface area contributed by atoms with Crippen LogP contribution in [-0.2, 0) is 0 Å². The van der Waals surface area contributed by atoms with Gasteiger partial charge in [-0.2, -0.15) is 0 Å². The molecule has 1 aliphatic heterocycles. The number of likely N-dealkylation sites (tertiary alicyclic amines) is 1. The predicted molar refractivity (Wildman–Crippen MR) is 66.2 cm³/mol. The van der Waals surface area contributed by atoms with Gasteiger partial charge < -0.3 is 0 Å². The summed E-state index contributed by atoms with van der Waals surface area (Å²) in [5.41, 5.74) is 1.58. The molecule has 5 atom stereocenters. The summed E-state index contributed by atoms with van der Waals surface area (Å²) in [6.07, 6.45) is 6.18. The summed E-state index contributed by atoms with van der Waals surface area (Å²) in [5, 5.41) is 0. The largest absolute Gasteiger partial charge is 0.294 e. The Balaban J connectivity index is 1.75. The highest BCUT2D eigenvalue weighted by Gasteiger charge is 2.83. The molecule has 0 radical (unpaired) electrons. The zero-order valence-corrected chi connectivity index (χ0v) is 11.2. The van der Waals surface area contributed by atoms with Crippen LogP contribution in [0, 0.1) is 22.7 Å². The second-order valence-electron chi connectivity index (χ2n) is 7.61. The van der Waals surface area contributed by atoms with Gasteiger partial charge in [-0.3, -0.25) is 4.90 Å². The molecule has 4 aliphatic rings. The molecule has 1 saturated heterocycles. The smallest absolute Gasteiger partial charge is 0.0169 e. The van der Waals surface area contributed by atoms with Crippen LogP contribution in [0.4, 0.5) is 0 Å². The van der Waals surface area contributed by atoms with Crippen molar-refractivity contribution in [3.63, 3.8) is 0 Å². The van der Waals surface area contributed by atoms with Gasteiger partial charge in [-0.15, -0.1) is 0 Å². The molecule has 16 heavy (non-hydrogen) atoms. The Labute approximate surface area is 99.6 Å². The second-order valence-corrected chi connectivity index (χ2v) is 7.61. The topological polar surface area (TPSA) is 3.24 Å². The average Bonchev–Trinajstić information content (AvgIpc) is 2.61. The van der Waals surface area contributed by atoms with Gasteiger partial charge >= 0.3 is 0 Å². The molecule has 2 bridgehead atoms. The molecule has 4 rings (SSSR count). The van der Waals surface area contributed by atoms with Gasteiger partial charge in [0.25, 0.3) is 0 Å². The lowest BCUT2D eigenvalue weighted by Crippen LogP contribution is -2.75. The number of hydrogen-bond donors (Lipinski definition) is 0. The first-order chi connectivity index (χ1) is 7.53. The van der Waals surface area contributed by atoms with Crippen LogP contribution in [0.25, 0.3) is 0 Å². The monoisotopic (exact) mass is 219 g/mol. The lowest BCUT2D eigenvalue weighted by molar-refractivity contribution is -0.269. The van der Waals surface area contributed by atoms with Crippen molar-refractivity contribution in [1.29, 1.82) is 0 Å². The molecule has 1 heterocycles. The molecule has 4 fully saturated rings. The first kappa shape index (κ1) is 9.94. The summed E-state index contributed by atoms with van der Waals surface area (Å²) in [5.74, 6) is 2.04. The van der Waals surface area contributed by atoms with Crippen molar-refractivity contribution in [3.8, 4) is 0 Å². The Kier molecular flexibility index (Phi) is 1.57. The van der Waals surface area contributed by atoms with E-state index in [1.54, 1.807) is 12.8 Å². The number of nitrogens with zero attached hydrogens (tertiary/aromatic N) is 1. The Morgan fingerprint density at radius 3 is 2.38 bits per heavy atom. The third-order valence-corrected chi connectivity index (χ3v) is 7.02. The van der Waals surface area contributed by atoms with E-state index in [2.05, 4.69) is 32.6 Å². The first-order valence-electron chi connectivity index (χ1n) is 7.30. The molecule has 3 saturated carbocycles. The molecule has 1 nitrogen and oxygen atoms in total. The fourth-order valence-electron chi connectivity index (χ4n) is 6.61. The van der Waals surface area contributed by atoms with E-state index in [1.807, 2.05) is 0 Å². The van der Waals surface area contributed by atoms with Crippen molar-refractivity contribution in [3.05, 3.63) is 0 Å². The minimum atomic E-state index is 0.774. The maximum atomic E-state index is 2.89. The van der Waals surface area contributed by atoms with E-state index in [1.165, 1.54) is 12.8 Å². The van der Waals surface area contributed by atoms with E-state index >= 15 is 0 Å². The lowest BCUT2D eigenvalue weighted by Gasteiger charge is -2.76. The third kappa shape index (κ3) is 0.698. The molecule has 0 aromatic carbocycles. The van der Waals surface area contributed by atoms with Gasteiger partial charge in [0.1, 0.15) is 0 Å². The molecular formula is C15H25N. The summed E-state index contributed by atoms with van der Waals surface area (Å²) >= 11 is 0. The maximum Gasteiger partial charge on any atom is 0.0169 e. The van der Waals surface area contributed by atoms with Crippen LogP contribution in [-0.4, -0.2) is 23.0 Å². The van der Waals surface area contributed by atoms with Gasteiger partial charge in [-0.25, -0.2) is 0 Å². The summed E-state index contributed by atoms with van der Waals surface area (Å²) < 4.78 is 0. The Bertz CT molecular complexity index is 347. The molecule has 0 aromatic rings. The molecule has 0 amide bonds. The molecule has 5 unspecified atom stereocenters. The van der Waals surface area contributed by atoms with Crippen LogP contribution >= 0.6 is 0 Å². The van der Waals surface area contributed by atoms with Gasteiger partial charge in [0, 0.05) is 18.1 Å². The number of rotatable bonds is 2. The number of piperidine rings is 1. The molecular weight excluding hydrogens is 194 g/mol. The van der Waals surface area contributed by atoms with E-state index in [4.69, 9.17) is 0 Å². The van der Waals surface area contributed by atoms with E-state index in [-0.39, 0.29) is 0 Å². The zero-order valence-electron chi connectivity index (χ0n) is 11.2. The second kappa shape index (κ2) is 2.53. The molecule has 90 valence electrons. The Hall–Kier alpha value is -0.0400. The first-order valence-corrected chi connectivity index (χ1v) is 7.30. The average molecular weight is 219 g/mol. The lowest BCUT2D eigenvalue weighted by atomic mass is 9.32. The fourth-order valence-corrected chi connectivity index (χ4v) is 6.61. The van der Waals surface area contributed by atoms with Crippen molar-refractivity contribution in [1.82, 2.24) is 4.90 Å². The van der Waals surface area contributed by atoms with Crippen LogP contribution in [0.3, 0.4) is 0 Å². The fraction of sp³-hybridized carbons (Fsp3) is 1.00. The minimum absolute atomic E-state index is 0.774. The zero-order chi connectivity index (χ0) is 11.3. The van der Waals surface area contributed by atoms with Crippen LogP contribution in [0.15, 0.2) is 0 Å². The third-order valence-electron chi connectivity index (χ3n) is 7.02. The van der Waals surface area contributed by atoms with E-state index < -0.39 is 0 Å². The molecule has 1 spiro atoms. The minimum Gasteiger partial charge on any atom is -0.294 e. The molecule has 0 aromatic heterocycles. The number of fused-ring (bicyclic) bond motifs is 1. The van der Waals surface area contributed by atoms with Gasteiger partial charge in [0.15, 0.2) is 0 Å². The van der Waals surface area contributed by atoms with Crippen molar-refractivity contribution in [2.24, 2.45) is 22.7 Å². The van der Waals surface area contributed by atoms with Crippen LogP contribution in [0.5, 0.6) is 0 Å². The summed E-state index contributed by atoms with van der Waals surface area (Å²) in [6, 6.07) is 2.70. The van der Waals surface area contributed by atoms with Gasteiger partial charge in [0.2, 0.25) is 0 Å². The number of hydrogen-bond acceptors (Lipinski definition) is 1. The summed E-state index contributed by atoms with van der Waals surface area (Å²) in [4.78, 5) is 2.89. The Morgan fingerprint density at radius 2 is 1.81 bits per heavy atom. The maximum absolute atomic E-state index is 2.89. The molecule has 0 N–H and O–H groups in total. The highest BCUT2D eigenvalue weighted by atomic mass is 15.3. The van der Waals surface area contributed by atoms with Crippen molar-refractivity contribution < 1.29 is 0 Å². The normalized spacial score (nSPS) is 57.8. The highest BCUT2D eigenvalue weighted by molar-refractivity contribution is 5.33. The molecule has 3 aliphatic carbocycles. The highest BCUT2D eigenvalue weighted by Crippen LogP contribution is 2.84. The van der Waals surface area contributed by atoms with E-state index in [0.29, 0.717) is 0 Å². The Morgan fingerprint density at radius 1 is 1.06 bits per heavy atom. The van der Waals surface area contributed by atoms with Crippen LogP contribution in [0.1, 0.15) is 53.4 Å². The van der Waals surface area contributed by atoms with E-state index in [9.17, 15) is 0 Å². The predicted octanol–water partition coefficient (Wildman–Crippen LogP) is 3.29. The summed E-state index contributed by atoms with van der Waals surface area (Å²) in [7, 11) is 0. The van der Waals surface area contributed by atoms with E-state index in [0.717, 1.165) is 40.8 Å². The van der Waals surface area contributed by atoms with Gasteiger partial charge in [-0.1, -0.05) is 13.8 Å². The van der Waals surface area contributed by atoms with Crippen LogP contribution < -0.4 is 0 Å². The standard InChI is InChI=1S/C15H25N/c1-9(2)14-6-11-5-13-15(11,14)8-12(7-14)16(13)10(3)4/h9-13H,5-8H2,1-4H3. The van der Waals surface area contributed by atoms with Gasteiger partial charge in [-0.05, 0) is 62.2 Å². The quantitative estimate of drug-likeness (QED) is 0.689. The van der Waals surface area contributed by atoms with Gasteiger partial charge in [0.05, 0.1) is 0 Å².